The largest absolute Gasteiger partial charge is 0.508 e. The third-order valence-corrected chi connectivity index (χ3v) is 8.02. The zero-order chi connectivity index (χ0) is 27.3. The van der Waals surface area contributed by atoms with Crippen molar-refractivity contribution in [1.82, 2.24) is 4.90 Å². The number of likely N-dealkylation sites (tertiary alicyclic amines) is 1. The fourth-order valence-corrected chi connectivity index (χ4v) is 5.45. The highest BCUT2D eigenvalue weighted by Crippen LogP contribution is 2.42. The second kappa shape index (κ2) is 11.5. The van der Waals surface area contributed by atoms with Crippen LogP contribution in [0.4, 0.5) is 0 Å². The lowest BCUT2D eigenvalue weighted by Crippen LogP contribution is -2.44. The normalized spacial score (nSPS) is 16.6. The van der Waals surface area contributed by atoms with Crippen LogP contribution >= 0.6 is 0 Å². The Bertz CT molecular complexity index is 1250. The standard InChI is InChI=1S/C32H37NO5/c1-31(2,30(36)37)24-15-13-23(14-16-24)29(35)12-7-19-33-20-17-26(18-21-33)32(38,25-8-4-3-5-9-25)27-10-6-11-28(34)22-27/h3-6,8-11,13-16,22,26,34,38H,7,12,17-21H2,1-2H3,(H,36,37). The van der Waals surface area contributed by atoms with Crippen molar-refractivity contribution < 1.29 is 24.9 Å². The van der Waals surface area contributed by atoms with E-state index in [9.17, 15) is 24.9 Å². The molecular formula is C32H37NO5. The number of aromatic hydroxyl groups is 1. The van der Waals surface area contributed by atoms with Crippen LogP contribution < -0.4 is 0 Å². The molecule has 0 bridgehead atoms. The van der Waals surface area contributed by atoms with Crippen LogP contribution in [0.15, 0.2) is 78.9 Å². The van der Waals surface area contributed by atoms with E-state index in [1.165, 1.54) is 0 Å². The van der Waals surface area contributed by atoms with E-state index in [0.29, 0.717) is 23.1 Å². The Morgan fingerprint density at radius 1 is 0.868 bits per heavy atom. The predicted molar refractivity (Wildman–Crippen MR) is 147 cm³/mol. The highest BCUT2D eigenvalue weighted by atomic mass is 16.4. The van der Waals surface area contributed by atoms with E-state index >= 15 is 0 Å². The summed E-state index contributed by atoms with van der Waals surface area (Å²) in [6.45, 7) is 5.76. The molecule has 1 unspecified atom stereocenters. The fourth-order valence-electron chi connectivity index (χ4n) is 5.45. The molecule has 38 heavy (non-hydrogen) atoms. The molecule has 200 valence electrons. The van der Waals surface area contributed by atoms with Crippen molar-refractivity contribution in [1.29, 1.82) is 0 Å². The van der Waals surface area contributed by atoms with Crippen molar-refractivity contribution in [2.75, 3.05) is 19.6 Å². The summed E-state index contributed by atoms with van der Waals surface area (Å²) in [4.78, 5) is 26.5. The molecule has 1 aliphatic rings. The van der Waals surface area contributed by atoms with Crippen LogP contribution in [-0.2, 0) is 15.8 Å². The zero-order valence-corrected chi connectivity index (χ0v) is 22.1. The van der Waals surface area contributed by atoms with Crippen LogP contribution in [0.3, 0.4) is 0 Å². The number of carboxylic acids is 1. The molecule has 1 aliphatic heterocycles. The summed E-state index contributed by atoms with van der Waals surface area (Å²) in [5.74, 6) is -0.705. The third-order valence-electron chi connectivity index (χ3n) is 8.02. The molecule has 0 radical (unpaired) electrons. The minimum absolute atomic E-state index is 0.00171. The van der Waals surface area contributed by atoms with E-state index < -0.39 is 17.0 Å². The maximum Gasteiger partial charge on any atom is 0.313 e. The van der Waals surface area contributed by atoms with Crippen LogP contribution in [-0.4, -0.2) is 51.6 Å². The van der Waals surface area contributed by atoms with Crippen molar-refractivity contribution in [2.24, 2.45) is 5.92 Å². The monoisotopic (exact) mass is 515 g/mol. The number of piperidine rings is 1. The first-order valence-electron chi connectivity index (χ1n) is 13.3. The molecule has 0 saturated carbocycles. The van der Waals surface area contributed by atoms with Crippen molar-refractivity contribution in [2.45, 2.75) is 50.5 Å². The predicted octanol–water partition coefficient (Wildman–Crippen LogP) is 5.37. The number of rotatable bonds is 10. The number of aliphatic carboxylic acids is 1. The number of carbonyl (C=O) groups excluding carboxylic acids is 1. The lowest BCUT2D eigenvalue weighted by Gasteiger charge is -2.42. The fraction of sp³-hybridized carbons (Fsp3) is 0.375. The van der Waals surface area contributed by atoms with Gasteiger partial charge in [0.05, 0.1) is 5.41 Å². The van der Waals surface area contributed by atoms with Gasteiger partial charge in [0.1, 0.15) is 11.4 Å². The second-order valence-electron chi connectivity index (χ2n) is 10.8. The highest BCUT2D eigenvalue weighted by molar-refractivity contribution is 5.96. The van der Waals surface area contributed by atoms with Gasteiger partial charge in [0, 0.05) is 12.0 Å². The first-order chi connectivity index (χ1) is 18.1. The van der Waals surface area contributed by atoms with Gasteiger partial charge in [-0.2, -0.15) is 0 Å². The van der Waals surface area contributed by atoms with Crippen molar-refractivity contribution >= 4 is 11.8 Å². The summed E-state index contributed by atoms with van der Waals surface area (Å²) in [7, 11) is 0. The summed E-state index contributed by atoms with van der Waals surface area (Å²) in [5, 5.41) is 31.6. The van der Waals surface area contributed by atoms with Gasteiger partial charge in [-0.3, -0.25) is 9.59 Å². The molecule has 3 aromatic rings. The lowest BCUT2D eigenvalue weighted by molar-refractivity contribution is -0.142. The van der Waals surface area contributed by atoms with Crippen LogP contribution in [0.25, 0.3) is 0 Å². The average Bonchev–Trinajstić information content (AvgIpc) is 2.93. The van der Waals surface area contributed by atoms with Gasteiger partial charge in [-0.1, -0.05) is 66.7 Å². The molecule has 3 aromatic carbocycles. The van der Waals surface area contributed by atoms with Crippen molar-refractivity contribution in [3.63, 3.8) is 0 Å². The Morgan fingerprint density at radius 3 is 2.11 bits per heavy atom. The van der Waals surface area contributed by atoms with E-state index in [2.05, 4.69) is 4.90 Å². The smallest absolute Gasteiger partial charge is 0.313 e. The molecule has 0 spiro atoms. The van der Waals surface area contributed by atoms with Gasteiger partial charge < -0.3 is 20.2 Å². The number of benzene rings is 3. The van der Waals surface area contributed by atoms with Crippen molar-refractivity contribution in [3.8, 4) is 5.75 Å². The summed E-state index contributed by atoms with van der Waals surface area (Å²) >= 11 is 0. The molecule has 0 aromatic heterocycles. The Labute approximate surface area is 224 Å². The van der Waals surface area contributed by atoms with Gasteiger partial charge in [-0.15, -0.1) is 0 Å². The zero-order valence-electron chi connectivity index (χ0n) is 22.1. The first-order valence-corrected chi connectivity index (χ1v) is 13.3. The van der Waals surface area contributed by atoms with E-state index in [1.54, 1.807) is 56.3 Å². The number of hydrogen-bond acceptors (Lipinski definition) is 5. The van der Waals surface area contributed by atoms with Gasteiger partial charge >= 0.3 is 5.97 Å². The summed E-state index contributed by atoms with van der Waals surface area (Å²) in [5.41, 5.74) is 0.612. The number of aliphatic hydroxyl groups is 1. The molecule has 6 heteroatoms. The van der Waals surface area contributed by atoms with Gasteiger partial charge in [-0.25, -0.2) is 0 Å². The molecule has 1 saturated heterocycles. The Hall–Kier alpha value is -3.48. The molecule has 0 amide bonds. The molecule has 0 aliphatic carbocycles. The van der Waals surface area contributed by atoms with Gasteiger partial charge in [-0.05, 0) is 87.5 Å². The minimum Gasteiger partial charge on any atom is -0.508 e. The highest BCUT2D eigenvalue weighted by Gasteiger charge is 2.41. The Morgan fingerprint density at radius 2 is 1.50 bits per heavy atom. The number of hydrogen-bond donors (Lipinski definition) is 3. The maximum atomic E-state index is 12.7. The number of ketones is 1. The number of nitrogens with zero attached hydrogens (tertiary/aromatic N) is 1. The van der Waals surface area contributed by atoms with Crippen LogP contribution in [0, 0.1) is 5.92 Å². The van der Waals surface area contributed by atoms with E-state index in [0.717, 1.165) is 44.5 Å². The number of carboxylic acid groups (broad SMARTS) is 1. The third kappa shape index (κ3) is 5.82. The van der Waals surface area contributed by atoms with Gasteiger partial charge in [0.2, 0.25) is 0 Å². The average molecular weight is 516 g/mol. The van der Waals surface area contributed by atoms with E-state index in [4.69, 9.17) is 0 Å². The molecule has 1 heterocycles. The van der Waals surface area contributed by atoms with E-state index in [-0.39, 0.29) is 17.5 Å². The molecule has 1 atom stereocenters. The molecular weight excluding hydrogens is 478 g/mol. The summed E-state index contributed by atoms with van der Waals surface area (Å²) in [6.07, 6.45) is 2.77. The number of carbonyl (C=O) groups is 2. The number of phenolic OH excluding ortho intramolecular Hbond substituents is 1. The molecule has 4 rings (SSSR count). The lowest BCUT2D eigenvalue weighted by atomic mass is 9.72. The van der Waals surface area contributed by atoms with Gasteiger partial charge in [0.15, 0.2) is 5.78 Å². The van der Waals surface area contributed by atoms with E-state index in [1.807, 2.05) is 36.4 Å². The molecule has 1 fully saturated rings. The number of phenols is 1. The first kappa shape index (κ1) is 27.6. The quantitative estimate of drug-likeness (QED) is 0.314. The Balaban J connectivity index is 1.33. The second-order valence-corrected chi connectivity index (χ2v) is 10.8. The Kier molecular flexibility index (Phi) is 8.34. The minimum atomic E-state index is -1.19. The van der Waals surface area contributed by atoms with Crippen LogP contribution in [0.2, 0.25) is 0 Å². The van der Waals surface area contributed by atoms with Crippen LogP contribution in [0.1, 0.15) is 66.6 Å². The van der Waals surface area contributed by atoms with Crippen molar-refractivity contribution in [3.05, 3.63) is 101 Å². The van der Waals surface area contributed by atoms with Gasteiger partial charge in [0.25, 0.3) is 0 Å². The molecule has 6 nitrogen and oxygen atoms in total. The number of Topliss-reactive ketones (excluding diaryl/α,β-unsaturated/α-hetero) is 1. The molecule has 3 N–H and O–H groups in total. The topological polar surface area (TPSA) is 98.1 Å². The summed E-state index contributed by atoms with van der Waals surface area (Å²) in [6, 6.07) is 23.5. The summed E-state index contributed by atoms with van der Waals surface area (Å²) < 4.78 is 0. The SMILES string of the molecule is CC(C)(C(=O)O)c1ccc(C(=O)CCCN2CCC(C(O)(c3ccccc3)c3cccc(O)c3)CC2)cc1. The van der Waals surface area contributed by atoms with Crippen LogP contribution in [0.5, 0.6) is 5.75 Å². The maximum absolute atomic E-state index is 12.7.